The zero-order valence-corrected chi connectivity index (χ0v) is 10.8. The van der Waals surface area contributed by atoms with E-state index in [2.05, 4.69) is 18.2 Å². The standard InChI is InChI=1S/C14H19NOS/c15-14(11-6-7-17-9-11)10-2-1-3-13(8-10)16-12-4-5-12/h1-3,8,11-12,14H,4-7,9,15H2. The van der Waals surface area contributed by atoms with E-state index in [1.165, 1.54) is 36.3 Å². The van der Waals surface area contributed by atoms with E-state index in [0.29, 0.717) is 12.0 Å². The molecule has 2 N–H and O–H groups in total. The molecule has 3 rings (SSSR count). The molecular weight excluding hydrogens is 230 g/mol. The van der Waals surface area contributed by atoms with Crippen LogP contribution in [0.15, 0.2) is 24.3 Å². The van der Waals surface area contributed by atoms with Crippen molar-refractivity contribution in [2.75, 3.05) is 11.5 Å². The molecule has 1 saturated heterocycles. The molecule has 2 nitrogen and oxygen atoms in total. The second-order valence-electron chi connectivity index (χ2n) is 5.04. The molecular formula is C14H19NOS. The van der Waals surface area contributed by atoms with Crippen LogP contribution in [0.3, 0.4) is 0 Å². The van der Waals surface area contributed by atoms with Gasteiger partial charge in [-0.15, -0.1) is 0 Å². The van der Waals surface area contributed by atoms with Gasteiger partial charge in [-0.1, -0.05) is 12.1 Å². The van der Waals surface area contributed by atoms with Crippen LogP contribution in [0.2, 0.25) is 0 Å². The molecule has 0 radical (unpaired) electrons. The molecule has 2 atom stereocenters. The van der Waals surface area contributed by atoms with Gasteiger partial charge in [0, 0.05) is 6.04 Å². The summed E-state index contributed by atoms with van der Waals surface area (Å²) >= 11 is 2.02. The highest BCUT2D eigenvalue weighted by atomic mass is 32.2. The average molecular weight is 249 g/mol. The molecule has 1 heterocycles. The second-order valence-corrected chi connectivity index (χ2v) is 6.19. The van der Waals surface area contributed by atoms with Gasteiger partial charge in [-0.05, 0) is 54.4 Å². The van der Waals surface area contributed by atoms with E-state index in [0.717, 1.165) is 5.75 Å². The molecule has 2 fully saturated rings. The summed E-state index contributed by atoms with van der Waals surface area (Å²) in [5, 5.41) is 0. The van der Waals surface area contributed by atoms with Crippen molar-refractivity contribution in [1.82, 2.24) is 0 Å². The Kier molecular flexibility index (Phi) is 3.30. The van der Waals surface area contributed by atoms with Crippen molar-refractivity contribution in [2.24, 2.45) is 11.7 Å². The summed E-state index contributed by atoms with van der Waals surface area (Å²) in [5.41, 5.74) is 7.58. The Labute approximate surface area is 107 Å². The number of benzene rings is 1. The predicted molar refractivity (Wildman–Crippen MR) is 72.5 cm³/mol. The fraction of sp³-hybridized carbons (Fsp3) is 0.571. The summed E-state index contributed by atoms with van der Waals surface area (Å²) in [4.78, 5) is 0. The monoisotopic (exact) mass is 249 g/mol. The topological polar surface area (TPSA) is 35.2 Å². The first-order valence-electron chi connectivity index (χ1n) is 6.43. The van der Waals surface area contributed by atoms with Gasteiger partial charge in [0.2, 0.25) is 0 Å². The lowest BCUT2D eigenvalue weighted by Crippen LogP contribution is -2.21. The minimum absolute atomic E-state index is 0.174. The Bertz CT molecular complexity index is 386. The van der Waals surface area contributed by atoms with Gasteiger partial charge in [-0.25, -0.2) is 0 Å². The quantitative estimate of drug-likeness (QED) is 0.891. The van der Waals surface area contributed by atoms with Crippen molar-refractivity contribution >= 4 is 11.8 Å². The molecule has 1 aliphatic heterocycles. The maximum absolute atomic E-state index is 6.35. The van der Waals surface area contributed by atoms with E-state index in [4.69, 9.17) is 10.5 Å². The minimum atomic E-state index is 0.174. The van der Waals surface area contributed by atoms with Crippen LogP contribution < -0.4 is 10.5 Å². The Hall–Kier alpha value is -0.670. The van der Waals surface area contributed by atoms with Crippen molar-refractivity contribution in [3.05, 3.63) is 29.8 Å². The third-order valence-corrected chi connectivity index (χ3v) is 4.73. The molecule has 2 aliphatic rings. The molecule has 17 heavy (non-hydrogen) atoms. The van der Waals surface area contributed by atoms with Crippen molar-refractivity contribution in [3.8, 4) is 5.75 Å². The predicted octanol–water partition coefficient (Wildman–Crippen LogP) is 2.98. The Morgan fingerprint density at radius 1 is 1.29 bits per heavy atom. The summed E-state index contributed by atoms with van der Waals surface area (Å²) in [7, 11) is 0. The molecule has 0 aromatic heterocycles. The van der Waals surface area contributed by atoms with Crippen LogP contribution in [0, 0.1) is 5.92 Å². The molecule has 0 amide bonds. The van der Waals surface area contributed by atoms with Gasteiger partial charge < -0.3 is 10.5 Å². The van der Waals surface area contributed by atoms with E-state index in [-0.39, 0.29) is 6.04 Å². The second kappa shape index (κ2) is 4.91. The van der Waals surface area contributed by atoms with Gasteiger partial charge >= 0.3 is 0 Å². The van der Waals surface area contributed by atoms with Crippen LogP contribution in [0.4, 0.5) is 0 Å². The lowest BCUT2D eigenvalue weighted by molar-refractivity contribution is 0.302. The SMILES string of the molecule is NC(c1cccc(OC2CC2)c1)C1CCSC1. The van der Waals surface area contributed by atoms with Crippen molar-refractivity contribution in [3.63, 3.8) is 0 Å². The molecule has 3 heteroatoms. The van der Waals surface area contributed by atoms with Crippen molar-refractivity contribution in [2.45, 2.75) is 31.4 Å². The van der Waals surface area contributed by atoms with Crippen LogP contribution in [-0.4, -0.2) is 17.6 Å². The van der Waals surface area contributed by atoms with E-state index in [9.17, 15) is 0 Å². The third kappa shape index (κ3) is 2.78. The maximum Gasteiger partial charge on any atom is 0.120 e. The zero-order valence-electron chi connectivity index (χ0n) is 9.97. The number of hydrogen-bond acceptors (Lipinski definition) is 3. The highest BCUT2D eigenvalue weighted by molar-refractivity contribution is 7.99. The van der Waals surface area contributed by atoms with Crippen molar-refractivity contribution < 1.29 is 4.74 Å². The van der Waals surface area contributed by atoms with Gasteiger partial charge in [0.25, 0.3) is 0 Å². The summed E-state index contributed by atoms with van der Waals surface area (Å²) in [5.74, 6) is 4.09. The number of nitrogens with two attached hydrogens (primary N) is 1. The van der Waals surface area contributed by atoms with Crippen LogP contribution in [-0.2, 0) is 0 Å². The Morgan fingerprint density at radius 3 is 2.88 bits per heavy atom. The Morgan fingerprint density at radius 2 is 2.18 bits per heavy atom. The fourth-order valence-electron chi connectivity index (χ4n) is 2.28. The number of thioether (sulfide) groups is 1. The molecule has 1 aromatic carbocycles. The average Bonchev–Trinajstić information content (AvgIpc) is 2.99. The minimum Gasteiger partial charge on any atom is -0.490 e. The Balaban J connectivity index is 1.71. The fourth-order valence-corrected chi connectivity index (χ4v) is 3.59. The highest BCUT2D eigenvalue weighted by Gasteiger charge is 2.25. The number of ether oxygens (including phenoxy) is 1. The first-order chi connectivity index (χ1) is 8.33. The molecule has 0 bridgehead atoms. The van der Waals surface area contributed by atoms with Crippen LogP contribution in [0.1, 0.15) is 30.9 Å². The lowest BCUT2D eigenvalue weighted by atomic mass is 9.93. The van der Waals surface area contributed by atoms with E-state index < -0.39 is 0 Å². The first-order valence-corrected chi connectivity index (χ1v) is 7.58. The first kappa shape index (κ1) is 11.4. The largest absolute Gasteiger partial charge is 0.490 e. The summed E-state index contributed by atoms with van der Waals surface area (Å²) < 4.78 is 5.82. The number of rotatable bonds is 4. The molecule has 2 unspecified atom stereocenters. The van der Waals surface area contributed by atoms with Crippen LogP contribution in [0.25, 0.3) is 0 Å². The number of hydrogen-bond donors (Lipinski definition) is 1. The molecule has 1 saturated carbocycles. The maximum atomic E-state index is 6.35. The van der Waals surface area contributed by atoms with Crippen LogP contribution in [0.5, 0.6) is 5.75 Å². The zero-order chi connectivity index (χ0) is 11.7. The third-order valence-electron chi connectivity index (χ3n) is 3.54. The molecule has 92 valence electrons. The van der Waals surface area contributed by atoms with Crippen LogP contribution >= 0.6 is 11.8 Å². The van der Waals surface area contributed by atoms with E-state index in [1.54, 1.807) is 0 Å². The van der Waals surface area contributed by atoms with Gasteiger partial charge in [0.1, 0.15) is 5.75 Å². The van der Waals surface area contributed by atoms with E-state index in [1.807, 2.05) is 17.8 Å². The van der Waals surface area contributed by atoms with Crippen molar-refractivity contribution in [1.29, 1.82) is 0 Å². The van der Waals surface area contributed by atoms with E-state index >= 15 is 0 Å². The van der Waals surface area contributed by atoms with Gasteiger partial charge in [0.05, 0.1) is 6.10 Å². The normalized spacial score (nSPS) is 25.8. The van der Waals surface area contributed by atoms with Gasteiger partial charge in [-0.3, -0.25) is 0 Å². The summed E-state index contributed by atoms with van der Waals surface area (Å²) in [6, 6.07) is 8.54. The summed E-state index contributed by atoms with van der Waals surface area (Å²) in [6.07, 6.45) is 4.12. The molecule has 1 aromatic rings. The highest BCUT2D eigenvalue weighted by Crippen LogP contribution is 2.34. The smallest absolute Gasteiger partial charge is 0.120 e. The molecule has 0 spiro atoms. The molecule has 1 aliphatic carbocycles. The lowest BCUT2D eigenvalue weighted by Gasteiger charge is -2.19. The summed E-state index contributed by atoms with van der Waals surface area (Å²) in [6.45, 7) is 0. The van der Waals surface area contributed by atoms with Gasteiger partial charge in [-0.2, -0.15) is 11.8 Å². The van der Waals surface area contributed by atoms with Gasteiger partial charge in [0.15, 0.2) is 0 Å².